The number of piperidine rings is 1. The lowest BCUT2D eigenvalue weighted by Gasteiger charge is -2.39. The Bertz CT molecular complexity index is 195. The van der Waals surface area contributed by atoms with Gasteiger partial charge in [0.15, 0.2) is 0 Å². The van der Waals surface area contributed by atoms with Crippen LogP contribution in [0, 0.1) is 11.3 Å². The molecule has 16 heavy (non-hydrogen) atoms. The second-order valence-electron chi connectivity index (χ2n) is 6.45. The quantitative estimate of drug-likeness (QED) is 0.775. The summed E-state index contributed by atoms with van der Waals surface area (Å²) in [4.78, 5) is 2.56. The summed E-state index contributed by atoms with van der Waals surface area (Å²) in [6, 6.07) is 0.715. The summed E-state index contributed by atoms with van der Waals surface area (Å²) in [6.07, 6.45) is 3.96. The Hall–Kier alpha value is -0.0800. The summed E-state index contributed by atoms with van der Waals surface area (Å²) in [5.74, 6) is 0.804. The molecule has 2 nitrogen and oxygen atoms in total. The molecular formula is C14H30N2. The van der Waals surface area contributed by atoms with E-state index in [2.05, 4.69) is 45.0 Å². The van der Waals surface area contributed by atoms with E-state index in [4.69, 9.17) is 0 Å². The van der Waals surface area contributed by atoms with Crippen molar-refractivity contribution in [2.45, 2.75) is 53.0 Å². The zero-order valence-electron chi connectivity index (χ0n) is 11.8. The van der Waals surface area contributed by atoms with Crippen LogP contribution in [0.5, 0.6) is 0 Å². The summed E-state index contributed by atoms with van der Waals surface area (Å²) < 4.78 is 0. The van der Waals surface area contributed by atoms with Crippen LogP contribution in [-0.2, 0) is 0 Å². The first-order valence-corrected chi connectivity index (χ1v) is 6.84. The number of nitrogens with zero attached hydrogens (tertiary/aromatic N) is 1. The first-order valence-electron chi connectivity index (χ1n) is 6.84. The van der Waals surface area contributed by atoms with Crippen molar-refractivity contribution in [2.75, 3.05) is 26.7 Å². The molecule has 0 bridgehead atoms. The van der Waals surface area contributed by atoms with Gasteiger partial charge in [0.05, 0.1) is 0 Å². The smallest absolute Gasteiger partial charge is 0.00665 e. The Morgan fingerprint density at radius 3 is 2.25 bits per heavy atom. The van der Waals surface area contributed by atoms with Gasteiger partial charge in [-0.05, 0) is 57.7 Å². The fourth-order valence-corrected chi connectivity index (χ4v) is 2.81. The molecule has 0 aromatic carbocycles. The minimum absolute atomic E-state index is 0.533. The minimum Gasteiger partial charge on any atom is -0.317 e. The summed E-state index contributed by atoms with van der Waals surface area (Å²) in [6.45, 7) is 13.1. The zero-order valence-corrected chi connectivity index (χ0v) is 11.8. The second kappa shape index (κ2) is 6.02. The largest absolute Gasteiger partial charge is 0.317 e. The van der Waals surface area contributed by atoms with E-state index in [9.17, 15) is 0 Å². The van der Waals surface area contributed by atoms with Crippen molar-refractivity contribution >= 4 is 0 Å². The monoisotopic (exact) mass is 226 g/mol. The molecule has 2 heteroatoms. The molecule has 1 saturated heterocycles. The minimum atomic E-state index is 0.533. The van der Waals surface area contributed by atoms with Gasteiger partial charge < -0.3 is 10.2 Å². The summed E-state index contributed by atoms with van der Waals surface area (Å²) in [5, 5.41) is 3.46. The van der Waals surface area contributed by atoms with Crippen LogP contribution >= 0.6 is 0 Å². The SMILES string of the molecule is CC(C)CC(C)N(C)CC1(C)CCNCC1. The van der Waals surface area contributed by atoms with E-state index < -0.39 is 0 Å². The van der Waals surface area contributed by atoms with Crippen LogP contribution in [0.25, 0.3) is 0 Å². The molecule has 1 aliphatic rings. The Morgan fingerprint density at radius 2 is 1.75 bits per heavy atom. The molecule has 96 valence electrons. The fourth-order valence-electron chi connectivity index (χ4n) is 2.81. The highest BCUT2D eigenvalue weighted by atomic mass is 15.1. The maximum absolute atomic E-state index is 3.46. The lowest BCUT2D eigenvalue weighted by Crippen LogP contribution is -2.44. The van der Waals surface area contributed by atoms with E-state index in [1.165, 1.54) is 38.9 Å². The molecule has 1 rings (SSSR count). The second-order valence-corrected chi connectivity index (χ2v) is 6.45. The van der Waals surface area contributed by atoms with Gasteiger partial charge in [-0.25, -0.2) is 0 Å². The lowest BCUT2D eigenvalue weighted by atomic mass is 9.80. The molecule has 0 amide bonds. The molecule has 0 aromatic heterocycles. The van der Waals surface area contributed by atoms with E-state index in [0.717, 1.165) is 5.92 Å². The Kier molecular flexibility index (Phi) is 5.26. The maximum Gasteiger partial charge on any atom is 0.00665 e. The predicted molar refractivity (Wildman–Crippen MR) is 71.8 cm³/mol. The third-order valence-electron chi connectivity index (χ3n) is 4.01. The molecule has 1 atom stereocenters. The Morgan fingerprint density at radius 1 is 1.19 bits per heavy atom. The van der Waals surface area contributed by atoms with E-state index in [1.807, 2.05) is 0 Å². The number of hydrogen-bond acceptors (Lipinski definition) is 2. The Labute approximate surface area is 102 Å². The topological polar surface area (TPSA) is 15.3 Å². The van der Waals surface area contributed by atoms with Crippen LogP contribution < -0.4 is 5.32 Å². The van der Waals surface area contributed by atoms with Gasteiger partial charge in [0.1, 0.15) is 0 Å². The van der Waals surface area contributed by atoms with Gasteiger partial charge in [0.25, 0.3) is 0 Å². The molecule has 0 radical (unpaired) electrons. The predicted octanol–water partition coefficient (Wildman–Crippen LogP) is 2.74. The van der Waals surface area contributed by atoms with Crippen molar-refractivity contribution in [3.63, 3.8) is 0 Å². The van der Waals surface area contributed by atoms with Gasteiger partial charge in [-0.1, -0.05) is 20.8 Å². The van der Waals surface area contributed by atoms with Gasteiger partial charge >= 0.3 is 0 Å². The number of nitrogens with one attached hydrogen (secondary N) is 1. The molecule has 0 aromatic rings. The van der Waals surface area contributed by atoms with Crippen LogP contribution in [0.15, 0.2) is 0 Å². The molecule has 1 aliphatic heterocycles. The molecule has 0 spiro atoms. The van der Waals surface area contributed by atoms with Crippen molar-refractivity contribution in [1.82, 2.24) is 10.2 Å². The Balaban J connectivity index is 2.39. The van der Waals surface area contributed by atoms with E-state index >= 15 is 0 Å². The highest BCUT2D eigenvalue weighted by Crippen LogP contribution is 2.29. The zero-order chi connectivity index (χ0) is 12.2. The van der Waals surface area contributed by atoms with Gasteiger partial charge in [-0.3, -0.25) is 0 Å². The first kappa shape index (κ1) is 14.0. The van der Waals surface area contributed by atoms with Crippen LogP contribution in [-0.4, -0.2) is 37.6 Å². The van der Waals surface area contributed by atoms with Gasteiger partial charge in [-0.15, -0.1) is 0 Å². The molecule has 1 N–H and O–H groups in total. The normalized spacial score (nSPS) is 22.7. The van der Waals surface area contributed by atoms with E-state index in [0.29, 0.717) is 11.5 Å². The summed E-state index contributed by atoms with van der Waals surface area (Å²) in [7, 11) is 2.29. The third-order valence-corrected chi connectivity index (χ3v) is 4.01. The molecule has 1 fully saturated rings. The van der Waals surface area contributed by atoms with Crippen molar-refractivity contribution in [3.05, 3.63) is 0 Å². The molecule has 1 unspecified atom stereocenters. The first-order chi connectivity index (χ1) is 7.43. The van der Waals surface area contributed by atoms with Crippen LogP contribution in [0.4, 0.5) is 0 Å². The highest BCUT2D eigenvalue weighted by Gasteiger charge is 2.29. The summed E-state index contributed by atoms with van der Waals surface area (Å²) >= 11 is 0. The van der Waals surface area contributed by atoms with Gasteiger partial charge in [0.2, 0.25) is 0 Å². The summed E-state index contributed by atoms with van der Waals surface area (Å²) in [5.41, 5.74) is 0.533. The molecular weight excluding hydrogens is 196 g/mol. The van der Waals surface area contributed by atoms with Crippen molar-refractivity contribution in [2.24, 2.45) is 11.3 Å². The van der Waals surface area contributed by atoms with Crippen molar-refractivity contribution < 1.29 is 0 Å². The van der Waals surface area contributed by atoms with Crippen molar-refractivity contribution in [3.8, 4) is 0 Å². The maximum atomic E-state index is 3.46. The molecule has 1 heterocycles. The van der Waals surface area contributed by atoms with Gasteiger partial charge in [0, 0.05) is 12.6 Å². The van der Waals surface area contributed by atoms with E-state index in [1.54, 1.807) is 0 Å². The third kappa shape index (κ3) is 4.42. The van der Waals surface area contributed by atoms with Crippen LogP contribution in [0.3, 0.4) is 0 Å². The molecule has 0 aliphatic carbocycles. The highest BCUT2D eigenvalue weighted by molar-refractivity contribution is 4.84. The van der Waals surface area contributed by atoms with Crippen molar-refractivity contribution in [1.29, 1.82) is 0 Å². The fraction of sp³-hybridized carbons (Fsp3) is 1.00. The lowest BCUT2D eigenvalue weighted by molar-refractivity contribution is 0.113. The van der Waals surface area contributed by atoms with Crippen LogP contribution in [0.2, 0.25) is 0 Å². The van der Waals surface area contributed by atoms with Gasteiger partial charge in [-0.2, -0.15) is 0 Å². The average molecular weight is 226 g/mol. The standard InChI is InChI=1S/C14H30N2/c1-12(2)10-13(3)16(5)11-14(4)6-8-15-9-7-14/h12-13,15H,6-11H2,1-5H3. The number of rotatable bonds is 5. The van der Waals surface area contributed by atoms with Crippen LogP contribution in [0.1, 0.15) is 47.0 Å². The average Bonchev–Trinajstić information content (AvgIpc) is 2.16. The number of hydrogen-bond donors (Lipinski definition) is 1. The van der Waals surface area contributed by atoms with E-state index in [-0.39, 0.29) is 0 Å². The molecule has 0 saturated carbocycles.